The fourth-order valence-electron chi connectivity index (χ4n) is 2.03. The highest BCUT2D eigenvalue weighted by Gasteiger charge is 2.06. The van der Waals surface area contributed by atoms with E-state index in [-0.39, 0.29) is 5.91 Å². The molecule has 0 atom stereocenters. The number of carbonyl (C=O) groups excluding carboxylic acids is 1. The lowest BCUT2D eigenvalue weighted by molar-refractivity contribution is 0.0956. The van der Waals surface area contributed by atoms with E-state index in [9.17, 15) is 4.79 Å². The van der Waals surface area contributed by atoms with Crippen LogP contribution in [0.4, 0.5) is 11.4 Å². The molecule has 0 aromatic heterocycles. The van der Waals surface area contributed by atoms with Crippen molar-refractivity contribution >= 4 is 17.3 Å². The van der Waals surface area contributed by atoms with Gasteiger partial charge in [0, 0.05) is 18.7 Å². The second-order valence-electron chi connectivity index (χ2n) is 5.48. The molecule has 4 nitrogen and oxygen atoms in total. The molecule has 0 bridgehead atoms. The molecule has 4 heteroatoms. The van der Waals surface area contributed by atoms with Crippen LogP contribution in [-0.2, 0) is 0 Å². The molecular formula is C16H27N3O. The van der Waals surface area contributed by atoms with Crippen molar-refractivity contribution in [2.24, 2.45) is 5.92 Å². The predicted octanol–water partition coefficient (Wildman–Crippen LogP) is 3.26. The van der Waals surface area contributed by atoms with Gasteiger partial charge in [-0.2, -0.15) is 0 Å². The maximum atomic E-state index is 11.7. The minimum Gasteiger partial charge on any atom is -0.397 e. The number of carbonyl (C=O) groups is 1. The Morgan fingerprint density at radius 3 is 2.65 bits per heavy atom. The summed E-state index contributed by atoms with van der Waals surface area (Å²) in [4.78, 5) is 11.7. The summed E-state index contributed by atoms with van der Waals surface area (Å²) in [7, 11) is 0. The van der Waals surface area contributed by atoms with Crippen molar-refractivity contribution in [2.45, 2.75) is 40.0 Å². The van der Waals surface area contributed by atoms with Crippen LogP contribution in [0.1, 0.15) is 50.4 Å². The number of nitrogens with two attached hydrogens (primary N) is 1. The van der Waals surface area contributed by atoms with Crippen molar-refractivity contribution in [2.75, 3.05) is 24.1 Å². The van der Waals surface area contributed by atoms with Crippen LogP contribution < -0.4 is 16.4 Å². The number of amides is 1. The van der Waals surface area contributed by atoms with Crippen LogP contribution in [-0.4, -0.2) is 19.0 Å². The molecule has 0 unspecified atom stereocenters. The third kappa shape index (κ3) is 5.51. The Balaban J connectivity index is 2.45. The Hall–Kier alpha value is -1.71. The molecule has 1 aromatic carbocycles. The van der Waals surface area contributed by atoms with Crippen LogP contribution in [0, 0.1) is 5.92 Å². The Morgan fingerprint density at radius 1 is 1.30 bits per heavy atom. The van der Waals surface area contributed by atoms with Gasteiger partial charge in [0.05, 0.1) is 11.4 Å². The van der Waals surface area contributed by atoms with Gasteiger partial charge in [-0.25, -0.2) is 0 Å². The first-order chi connectivity index (χ1) is 9.54. The van der Waals surface area contributed by atoms with Gasteiger partial charge in [-0.15, -0.1) is 0 Å². The zero-order valence-electron chi connectivity index (χ0n) is 12.8. The van der Waals surface area contributed by atoms with Crippen LogP contribution in [0.15, 0.2) is 18.2 Å². The molecule has 4 N–H and O–H groups in total. The van der Waals surface area contributed by atoms with Crippen LogP contribution in [0.25, 0.3) is 0 Å². The van der Waals surface area contributed by atoms with Crippen molar-refractivity contribution in [3.63, 3.8) is 0 Å². The number of benzene rings is 1. The highest BCUT2D eigenvalue weighted by atomic mass is 16.1. The summed E-state index contributed by atoms with van der Waals surface area (Å²) < 4.78 is 0. The molecule has 0 radical (unpaired) electrons. The van der Waals surface area contributed by atoms with E-state index >= 15 is 0 Å². The van der Waals surface area contributed by atoms with E-state index in [1.807, 2.05) is 13.0 Å². The average Bonchev–Trinajstić information content (AvgIpc) is 2.39. The Morgan fingerprint density at radius 2 is 2.05 bits per heavy atom. The number of rotatable bonds is 8. The number of hydrogen-bond donors (Lipinski definition) is 3. The third-order valence-electron chi connectivity index (χ3n) is 3.17. The summed E-state index contributed by atoms with van der Waals surface area (Å²) >= 11 is 0. The first kappa shape index (κ1) is 16.3. The molecule has 0 aliphatic heterocycles. The van der Waals surface area contributed by atoms with Gasteiger partial charge < -0.3 is 16.4 Å². The van der Waals surface area contributed by atoms with Crippen molar-refractivity contribution in [1.82, 2.24) is 5.32 Å². The molecule has 0 saturated heterocycles. The van der Waals surface area contributed by atoms with Crippen LogP contribution in [0.5, 0.6) is 0 Å². The van der Waals surface area contributed by atoms with Crippen molar-refractivity contribution in [1.29, 1.82) is 0 Å². The minimum atomic E-state index is -0.0808. The molecule has 0 heterocycles. The lowest BCUT2D eigenvalue weighted by Crippen LogP contribution is -2.22. The van der Waals surface area contributed by atoms with E-state index in [0.29, 0.717) is 17.8 Å². The lowest BCUT2D eigenvalue weighted by Gasteiger charge is -2.11. The fraction of sp³-hybridized carbons (Fsp3) is 0.562. The Labute approximate surface area is 122 Å². The molecule has 1 amide bonds. The van der Waals surface area contributed by atoms with Gasteiger partial charge >= 0.3 is 0 Å². The van der Waals surface area contributed by atoms with Crippen LogP contribution in [0.2, 0.25) is 0 Å². The summed E-state index contributed by atoms with van der Waals surface area (Å²) in [6, 6.07) is 5.40. The number of unbranched alkanes of at least 4 members (excludes halogenated alkanes) is 1. The van der Waals surface area contributed by atoms with E-state index in [4.69, 9.17) is 5.73 Å². The summed E-state index contributed by atoms with van der Waals surface area (Å²) in [5.41, 5.74) is 8.11. The van der Waals surface area contributed by atoms with Crippen molar-refractivity contribution in [3.05, 3.63) is 23.8 Å². The maximum absolute atomic E-state index is 11.7. The molecule has 0 aliphatic carbocycles. The van der Waals surface area contributed by atoms with E-state index in [1.165, 1.54) is 12.8 Å². The van der Waals surface area contributed by atoms with E-state index in [2.05, 4.69) is 24.5 Å². The smallest absolute Gasteiger partial charge is 0.251 e. The minimum absolute atomic E-state index is 0.0808. The van der Waals surface area contributed by atoms with Gasteiger partial charge in [-0.3, -0.25) is 4.79 Å². The van der Waals surface area contributed by atoms with Gasteiger partial charge in [0.15, 0.2) is 0 Å². The standard InChI is InChI=1S/C16H27N3O/c1-4-18-16(20)13-8-9-15(14(17)11-13)19-10-6-5-7-12(2)3/h8-9,11-12,19H,4-7,10,17H2,1-3H3,(H,18,20). The van der Waals surface area contributed by atoms with Gasteiger partial charge in [-0.1, -0.05) is 26.7 Å². The number of nitrogen functional groups attached to an aromatic ring is 1. The molecule has 0 aliphatic rings. The lowest BCUT2D eigenvalue weighted by atomic mass is 10.1. The van der Waals surface area contributed by atoms with E-state index in [0.717, 1.165) is 24.6 Å². The van der Waals surface area contributed by atoms with Gasteiger partial charge in [0.25, 0.3) is 5.91 Å². The number of nitrogens with one attached hydrogen (secondary N) is 2. The largest absolute Gasteiger partial charge is 0.397 e. The predicted molar refractivity (Wildman–Crippen MR) is 86.0 cm³/mol. The molecule has 112 valence electrons. The summed E-state index contributed by atoms with van der Waals surface area (Å²) in [6.07, 6.45) is 3.62. The molecule has 1 rings (SSSR count). The van der Waals surface area contributed by atoms with Crippen LogP contribution >= 0.6 is 0 Å². The Kier molecular flexibility index (Phi) is 6.91. The maximum Gasteiger partial charge on any atom is 0.251 e. The molecule has 0 saturated carbocycles. The van der Waals surface area contributed by atoms with Crippen LogP contribution in [0.3, 0.4) is 0 Å². The van der Waals surface area contributed by atoms with E-state index < -0.39 is 0 Å². The van der Waals surface area contributed by atoms with Gasteiger partial charge in [0.2, 0.25) is 0 Å². The third-order valence-corrected chi connectivity index (χ3v) is 3.17. The number of hydrogen-bond acceptors (Lipinski definition) is 3. The Bertz CT molecular complexity index is 430. The topological polar surface area (TPSA) is 67.2 Å². The van der Waals surface area contributed by atoms with Crippen molar-refractivity contribution < 1.29 is 4.79 Å². The zero-order valence-corrected chi connectivity index (χ0v) is 12.8. The SMILES string of the molecule is CCNC(=O)c1ccc(NCCCCC(C)C)c(N)c1. The quantitative estimate of drug-likeness (QED) is 0.504. The van der Waals surface area contributed by atoms with E-state index in [1.54, 1.807) is 12.1 Å². The van der Waals surface area contributed by atoms with Crippen molar-refractivity contribution in [3.8, 4) is 0 Å². The van der Waals surface area contributed by atoms with Gasteiger partial charge in [-0.05, 0) is 37.5 Å². The first-order valence-electron chi connectivity index (χ1n) is 7.46. The molecule has 1 aromatic rings. The normalized spacial score (nSPS) is 10.6. The highest BCUT2D eigenvalue weighted by molar-refractivity contribution is 5.96. The number of anilines is 2. The molecular weight excluding hydrogens is 250 g/mol. The monoisotopic (exact) mass is 277 g/mol. The summed E-state index contributed by atoms with van der Waals surface area (Å²) in [6.45, 7) is 7.91. The second kappa shape index (κ2) is 8.46. The van der Waals surface area contributed by atoms with Gasteiger partial charge in [0.1, 0.15) is 0 Å². The molecule has 20 heavy (non-hydrogen) atoms. The summed E-state index contributed by atoms with van der Waals surface area (Å²) in [5, 5.41) is 6.09. The zero-order chi connectivity index (χ0) is 15.0. The molecule has 0 fully saturated rings. The second-order valence-corrected chi connectivity index (χ2v) is 5.48. The fourth-order valence-corrected chi connectivity index (χ4v) is 2.03. The summed E-state index contributed by atoms with van der Waals surface area (Å²) in [5.74, 6) is 0.680. The average molecular weight is 277 g/mol. The first-order valence-corrected chi connectivity index (χ1v) is 7.46. The molecule has 0 spiro atoms. The highest BCUT2D eigenvalue weighted by Crippen LogP contribution is 2.20.